The number of hydrogen-bond donors (Lipinski definition) is 1. The van der Waals surface area contributed by atoms with Crippen molar-refractivity contribution in [1.82, 2.24) is 0 Å². The minimum atomic E-state index is -4.55. The molecule has 2 aromatic carbocycles. The highest BCUT2D eigenvalue weighted by molar-refractivity contribution is 5.93. The summed E-state index contributed by atoms with van der Waals surface area (Å²) in [5, 5.41) is 11.4. The molecule has 0 aliphatic rings. The summed E-state index contributed by atoms with van der Waals surface area (Å²) >= 11 is 0. The molecule has 0 saturated heterocycles. The van der Waals surface area contributed by atoms with Crippen LogP contribution >= 0.6 is 0 Å². The van der Waals surface area contributed by atoms with Crippen molar-refractivity contribution < 1.29 is 27.4 Å². The zero-order valence-electron chi connectivity index (χ0n) is 14.5. The summed E-state index contributed by atoms with van der Waals surface area (Å²) in [4.78, 5) is 12.1. The number of carbonyl (C=O) groups is 1. The zero-order valence-corrected chi connectivity index (χ0v) is 14.5. The fourth-order valence-electron chi connectivity index (χ4n) is 2.16. The summed E-state index contributed by atoms with van der Waals surface area (Å²) < 4.78 is 49.5. The van der Waals surface area contributed by atoms with Crippen LogP contribution < -0.4 is 14.8 Å². The normalized spacial score (nSPS) is 10.8. The second-order valence-electron chi connectivity index (χ2n) is 5.50. The van der Waals surface area contributed by atoms with Crippen LogP contribution in [0.4, 0.5) is 18.9 Å². The molecule has 5 nitrogen and oxygen atoms in total. The van der Waals surface area contributed by atoms with E-state index in [2.05, 4.69) is 5.32 Å². The van der Waals surface area contributed by atoms with Gasteiger partial charge in [-0.2, -0.15) is 18.4 Å². The summed E-state index contributed by atoms with van der Waals surface area (Å²) in [6, 6.07) is 11.1. The van der Waals surface area contributed by atoms with E-state index in [0.29, 0.717) is 13.0 Å². The molecule has 0 bridgehead atoms. The van der Waals surface area contributed by atoms with E-state index in [-0.39, 0.29) is 22.7 Å². The molecule has 1 amide bonds. The molecule has 2 rings (SSSR count). The molecular formula is C19H17F3N2O3. The Morgan fingerprint density at radius 3 is 2.56 bits per heavy atom. The van der Waals surface area contributed by atoms with Crippen molar-refractivity contribution in [2.75, 3.05) is 18.5 Å². The van der Waals surface area contributed by atoms with Crippen LogP contribution in [0.15, 0.2) is 42.5 Å². The van der Waals surface area contributed by atoms with E-state index < -0.39 is 24.3 Å². The highest BCUT2D eigenvalue weighted by Gasteiger charge is 2.31. The number of hydrogen-bond acceptors (Lipinski definition) is 4. The van der Waals surface area contributed by atoms with Crippen LogP contribution in [0.3, 0.4) is 0 Å². The molecule has 0 aromatic heterocycles. The summed E-state index contributed by atoms with van der Waals surface area (Å²) in [6.07, 6.45) is -3.90. The number of carbonyl (C=O) groups excluding carboxylic acids is 1. The van der Waals surface area contributed by atoms with E-state index in [1.165, 1.54) is 18.2 Å². The Morgan fingerprint density at radius 2 is 1.89 bits per heavy atom. The topological polar surface area (TPSA) is 71.3 Å². The molecule has 0 heterocycles. The summed E-state index contributed by atoms with van der Waals surface area (Å²) in [7, 11) is 0. The van der Waals surface area contributed by atoms with Gasteiger partial charge in [-0.15, -0.1) is 0 Å². The molecule has 0 spiro atoms. The van der Waals surface area contributed by atoms with E-state index in [9.17, 15) is 18.0 Å². The molecule has 0 atom stereocenters. The van der Waals surface area contributed by atoms with Gasteiger partial charge in [-0.05, 0) is 36.8 Å². The predicted molar refractivity (Wildman–Crippen MR) is 92.5 cm³/mol. The number of benzene rings is 2. The molecule has 0 saturated carbocycles. The Kier molecular flexibility index (Phi) is 6.66. The summed E-state index contributed by atoms with van der Waals surface area (Å²) in [5.41, 5.74) is -0.755. The number of nitriles is 1. The minimum Gasteiger partial charge on any atom is -0.491 e. The third-order valence-corrected chi connectivity index (χ3v) is 3.41. The Morgan fingerprint density at radius 1 is 1.15 bits per heavy atom. The summed E-state index contributed by atoms with van der Waals surface area (Å²) in [5.74, 6) is -0.333. The van der Waals surface area contributed by atoms with Gasteiger partial charge < -0.3 is 14.8 Å². The van der Waals surface area contributed by atoms with E-state index in [1.807, 2.05) is 13.0 Å². The van der Waals surface area contributed by atoms with Gasteiger partial charge >= 0.3 is 6.18 Å². The number of ether oxygens (including phenoxy) is 2. The molecular weight excluding hydrogens is 361 g/mol. The first-order chi connectivity index (χ1) is 12.8. The minimum absolute atomic E-state index is 0.0968. The largest absolute Gasteiger partial charge is 0.491 e. The van der Waals surface area contributed by atoms with Crippen molar-refractivity contribution in [3.63, 3.8) is 0 Å². The first-order valence-electron chi connectivity index (χ1n) is 8.11. The van der Waals surface area contributed by atoms with Crippen molar-refractivity contribution >= 4 is 11.6 Å². The molecule has 0 fully saturated rings. The van der Waals surface area contributed by atoms with Gasteiger partial charge in [0.2, 0.25) is 0 Å². The number of nitrogens with one attached hydrogen (secondary N) is 1. The Labute approximate surface area is 154 Å². The molecule has 0 unspecified atom stereocenters. The predicted octanol–water partition coefficient (Wildman–Crippen LogP) is 4.38. The monoisotopic (exact) mass is 378 g/mol. The Bertz CT molecular complexity index is 845. The molecule has 1 N–H and O–H groups in total. The molecule has 142 valence electrons. The van der Waals surface area contributed by atoms with Crippen LogP contribution in [-0.2, 0) is 11.0 Å². The van der Waals surface area contributed by atoms with Gasteiger partial charge in [0.15, 0.2) is 6.61 Å². The summed E-state index contributed by atoms with van der Waals surface area (Å²) in [6.45, 7) is 1.67. The van der Waals surface area contributed by atoms with E-state index >= 15 is 0 Å². The number of amides is 1. The number of rotatable bonds is 7. The maximum absolute atomic E-state index is 12.9. The number of nitrogens with zero attached hydrogens (tertiary/aromatic N) is 1. The molecule has 0 aliphatic carbocycles. The zero-order chi connectivity index (χ0) is 19.9. The average Bonchev–Trinajstić information content (AvgIpc) is 2.64. The van der Waals surface area contributed by atoms with E-state index in [1.54, 1.807) is 12.1 Å². The van der Waals surface area contributed by atoms with Crippen molar-refractivity contribution in [2.45, 2.75) is 19.5 Å². The smallest absolute Gasteiger partial charge is 0.416 e. The van der Waals surface area contributed by atoms with Gasteiger partial charge in [0, 0.05) is 0 Å². The van der Waals surface area contributed by atoms with Crippen molar-refractivity contribution in [3.8, 4) is 17.6 Å². The molecule has 2 aromatic rings. The van der Waals surface area contributed by atoms with E-state index in [4.69, 9.17) is 14.7 Å². The van der Waals surface area contributed by atoms with Crippen LogP contribution in [0.1, 0.15) is 24.5 Å². The standard InChI is InChI=1S/C19H17F3N2O3/c1-2-9-26-17-8-7-14(19(20,21)22)10-15(17)24-18(25)12-27-16-6-4-3-5-13(16)11-23/h3-8,10H,2,9,12H2,1H3,(H,24,25). The van der Waals surface area contributed by atoms with Crippen LogP contribution in [0.2, 0.25) is 0 Å². The maximum Gasteiger partial charge on any atom is 0.416 e. The van der Waals surface area contributed by atoms with Gasteiger partial charge in [-0.3, -0.25) is 4.79 Å². The second kappa shape index (κ2) is 8.94. The van der Waals surface area contributed by atoms with Gasteiger partial charge in [-0.1, -0.05) is 19.1 Å². The highest BCUT2D eigenvalue weighted by Crippen LogP contribution is 2.35. The molecule has 27 heavy (non-hydrogen) atoms. The second-order valence-corrected chi connectivity index (χ2v) is 5.50. The fraction of sp³-hybridized carbons (Fsp3) is 0.263. The van der Waals surface area contributed by atoms with Gasteiger partial charge in [0.1, 0.15) is 17.6 Å². The van der Waals surface area contributed by atoms with Crippen LogP contribution in [0, 0.1) is 11.3 Å². The number of anilines is 1. The SMILES string of the molecule is CCCOc1ccc(C(F)(F)F)cc1NC(=O)COc1ccccc1C#N. The lowest BCUT2D eigenvalue weighted by atomic mass is 10.1. The van der Waals surface area contributed by atoms with Gasteiger partial charge in [-0.25, -0.2) is 0 Å². The lowest BCUT2D eigenvalue weighted by molar-refractivity contribution is -0.137. The highest BCUT2D eigenvalue weighted by atomic mass is 19.4. The van der Waals surface area contributed by atoms with Crippen LogP contribution in [0.5, 0.6) is 11.5 Å². The van der Waals surface area contributed by atoms with Crippen molar-refractivity contribution in [3.05, 3.63) is 53.6 Å². The third kappa shape index (κ3) is 5.64. The lowest BCUT2D eigenvalue weighted by Crippen LogP contribution is -2.21. The third-order valence-electron chi connectivity index (χ3n) is 3.41. The van der Waals surface area contributed by atoms with E-state index in [0.717, 1.165) is 12.1 Å². The van der Waals surface area contributed by atoms with Crippen molar-refractivity contribution in [2.24, 2.45) is 0 Å². The lowest BCUT2D eigenvalue weighted by Gasteiger charge is -2.15. The maximum atomic E-state index is 12.9. The van der Waals surface area contributed by atoms with Gasteiger partial charge in [0.05, 0.1) is 23.4 Å². The number of alkyl halides is 3. The number of para-hydroxylation sites is 1. The Hall–Kier alpha value is -3.21. The van der Waals surface area contributed by atoms with Gasteiger partial charge in [0.25, 0.3) is 5.91 Å². The fourth-order valence-corrected chi connectivity index (χ4v) is 2.16. The quantitative estimate of drug-likeness (QED) is 0.776. The van der Waals surface area contributed by atoms with Crippen molar-refractivity contribution in [1.29, 1.82) is 5.26 Å². The molecule has 8 heteroatoms. The first-order valence-corrected chi connectivity index (χ1v) is 8.11. The van der Waals surface area contributed by atoms with Crippen LogP contribution in [-0.4, -0.2) is 19.1 Å². The first kappa shape index (κ1) is 20.1. The average molecular weight is 378 g/mol. The van der Waals surface area contributed by atoms with Crippen LogP contribution in [0.25, 0.3) is 0 Å². The Balaban J connectivity index is 2.13. The molecule has 0 radical (unpaired) electrons. The molecule has 0 aliphatic heterocycles. The number of halogens is 3.